The van der Waals surface area contributed by atoms with Gasteiger partial charge >= 0.3 is 12.3 Å². The fraction of sp³-hybridized carbons (Fsp3) is 0.700. The molecule has 2 amide bonds. The Morgan fingerprint density at radius 1 is 1.30 bits per heavy atom. The largest absolute Gasteiger partial charge is 0.520 e. The Labute approximate surface area is 177 Å². The van der Waals surface area contributed by atoms with Gasteiger partial charge in [0.1, 0.15) is 13.2 Å². The molecule has 0 bridgehead atoms. The first-order valence-corrected chi connectivity index (χ1v) is 13.3. The molecule has 0 unspecified atom stereocenters. The predicted molar refractivity (Wildman–Crippen MR) is 109 cm³/mol. The maximum Gasteiger partial charge on any atom is 0.416 e. The summed E-state index contributed by atoms with van der Waals surface area (Å²) < 4.78 is 57.7. The molecule has 6 nitrogen and oxygen atoms in total. The third kappa shape index (κ3) is 7.37. The van der Waals surface area contributed by atoms with Gasteiger partial charge in [0.05, 0.1) is 17.9 Å². The highest BCUT2D eigenvalue weighted by Gasteiger charge is 2.49. The lowest BCUT2D eigenvalue weighted by molar-refractivity contribution is -0.180. The minimum absolute atomic E-state index is 0.0298. The minimum atomic E-state index is -4.75. The molecule has 0 spiro atoms. The van der Waals surface area contributed by atoms with E-state index in [1.165, 1.54) is 0 Å². The topological polar surface area (TPSA) is 65.1 Å². The van der Waals surface area contributed by atoms with Crippen LogP contribution in [0.3, 0.4) is 0 Å². The number of carbonyl (C=O) groups excluding carboxylic acids is 2. The molecular weight excluding hydrogens is 419 g/mol. The normalized spacial score (nSPS) is 20.5. The maximum absolute atomic E-state index is 13.9. The number of imide groups is 1. The van der Waals surface area contributed by atoms with E-state index in [4.69, 9.17) is 13.9 Å². The lowest BCUT2D eigenvalue weighted by atomic mass is 9.91. The van der Waals surface area contributed by atoms with Crippen LogP contribution in [0.1, 0.15) is 27.7 Å². The molecular formula is C20H32F3NO5Si. The molecule has 0 aliphatic carbocycles. The van der Waals surface area contributed by atoms with Crippen LogP contribution < -0.4 is 0 Å². The van der Waals surface area contributed by atoms with Gasteiger partial charge in [-0.15, -0.1) is 0 Å². The Morgan fingerprint density at radius 3 is 2.37 bits per heavy atom. The molecule has 172 valence electrons. The van der Waals surface area contributed by atoms with Crippen molar-refractivity contribution < 1.29 is 36.7 Å². The molecule has 1 saturated heterocycles. The number of allylic oxidation sites excluding steroid dienone is 2. The van der Waals surface area contributed by atoms with Gasteiger partial charge in [-0.25, -0.2) is 9.69 Å². The average Bonchev–Trinajstić information content (AvgIpc) is 2.97. The van der Waals surface area contributed by atoms with Crippen LogP contribution >= 0.6 is 0 Å². The van der Waals surface area contributed by atoms with E-state index in [1.54, 1.807) is 32.9 Å². The second-order valence-electron chi connectivity index (χ2n) is 8.53. The molecule has 1 rings (SSSR count). The number of hydrogen-bond acceptors (Lipinski definition) is 5. The summed E-state index contributed by atoms with van der Waals surface area (Å²) in [7, 11) is -2.29. The Morgan fingerprint density at radius 2 is 1.90 bits per heavy atom. The summed E-state index contributed by atoms with van der Waals surface area (Å²) in [5, 5.41) is 0. The van der Waals surface area contributed by atoms with Crippen molar-refractivity contribution in [3.63, 3.8) is 0 Å². The van der Waals surface area contributed by atoms with Crippen molar-refractivity contribution in [2.24, 2.45) is 17.8 Å². The van der Waals surface area contributed by atoms with Crippen LogP contribution in [0.4, 0.5) is 18.0 Å². The summed E-state index contributed by atoms with van der Waals surface area (Å²) in [4.78, 5) is 25.7. The lowest BCUT2D eigenvalue weighted by Gasteiger charge is -2.30. The van der Waals surface area contributed by atoms with Crippen LogP contribution in [-0.2, 0) is 18.7 Å². The van der Waals surface area contributed by atoms with Crippen LogP contribution in [0.25, 0.3) is 0 Å². The van der Waals surface area contributed by atoms with Crippen LogP contribution in [0.2, 0.25) is 19.6 Å². The fourth-order valence-electron chi connectivity index (χ4n) is 2.86. The number of cyclic esters (lactones) is 1. The van der Waals surface area contributed by atoms with E-state index in [0.29, 0.717) is 0 Å². The van der Waals surface area contributed by atoms with E-state index in [9.17, 15) is 22.8 Å². The number of alkyl halides is 3. The molecule has 0 aromatic rings. The monoisotopic (exact) mass is 451 g/mol. The first-order valence-electron chi connectivity index (χ1n) is 9.90. The molecule has 1 fully saturated rings. The van der Waals surface area contributed by atoms with Gasteiger partial charge in [0, 0.05) is 6.08 Å². The summed E-state index contributed by atoms with van der Waals surface area (Å²) in [6, 6.07) is -0.603. The molecule has 1 heterocycles. The van der Waals surface area contributed by atoms with Gasteiger partial charge in [-0.05, 0) is 32.5 Å². The van der Waals surface area contributed by atoms with Gasteiger partial charge in [0.15, 0.2) is 0 Å². The smallest absolute Gasteiger partial charge is 0.416 e. The molecule has 0 saturated carbocycles. The average molecular weight is 452 g/mol. The maximum atomic E-state index is 13.9. The Kier molecular flexibility index (Phi) is 9.00. The zero-order valence-electron chi connectivity index (χ0n) is 18.6. The van der Waals surface area contributed by atoms with Gasteiger partial charge in [0.25, 0.3) is 5.95 Å². The molecule has 3 atom stereocenters. The van der Waals surface area contributed by atoms with Crippen molar-refractivity contribution in [3.8, 4) is 0 Å². The second kappa shape index (κ2) is 10.4. The van der Waals surface area contributed by atoms with Crippen LogP contribution in [0.15, 0.2) is 24.2 Å². The first kappa shape index (κ1) is 26.1. The van der Waals surface area contributed by atoms with E-state index in [0.717, 1.165) is 17.9 Å². The zero-order chi connectivity index (χ0) is 23.3. The highest BCUT2D eigenvalue weighted by molar-refractivity contribution is 6.70. The number of amides is 2. The standard InChI is InChI=1S/C20H32F3NO5Si/c1-8-9-10-27-17(29-30(5,6)7)11-15(20(21,22)23)14(4)18(25)24-16(13(2)3)12-28-19(24)26/h8-9,11,13-16H,10,12H2,1-7H3/b9-8+,17-11-/t14-,15-,16-/m1/s1. The van der Waals surface area contributed by atoms with Crippen molar-refractivity contribution in [2.75, 3.05) is 13.2 Å². The molecule has 10 heteroatoms. The molecule has 30 heavy (non-hydrogen) atoms. The van der Waals surface area contributed by atoms with Crippen molar-refractivity contribution in [2.45, 2.75) is 59.6 Å². The van der Waals surface area contributed by atoms with Crippen LogP contribution in [0.5, 0.6) is 0 Å². The number of halogens is 3. The number of carbonyl (C=O) groups is 2. The van der Waals surface area contributed by atoms with Crippen LogP contribution in [0, 0.1) is 17.8 Å². The van der Waals surface area contributed by atoms with E-state index >= 15 is 0 Å². The number of rotatable bonds is 9. The Balaban J connectivity index is 3.26. The Bertz CT molecular complexity index is 670. The van der Waals surface area contributed by atoms with E-state index in [1.807, 2.05) is 19.6 Å². The van der Waals surface area contributed by atoms with E-state index < -0.39 is 44.4 Å². The molecule has 0 radical (unpaired) electrons. The highest BCUT2D eigenvalue weighted by atomic mass is 28.4. The zero-order valence-corrected chi connectivity index (χ0v) is 19.6. The molecule has 1 aliphatic rings. The molecule has 1 aliphatic heterocycles. The first-order chi connectivity index (χ1) is 13.7. The van der Waals surface area contributed by atoms with Crippen molar-refractivity contribution >= 4 is 20.3 Å². The molecule has 0 aromatic heterocycles. The highest BCUT2D eigenvalue weighted by Crippen LogP contribution is 2.37. The summed E-state index contributed by atoms with van der Waals surface area (Å²) in [5.74, 6) is -5.11. The van der Waals surface area contributed by atoms with Crippen LogP contribution in [-0.4, -0.2) is 50.6 Å². The SMILES string of the molecule is C/C=C/CO/C(=C/[C@H]([C@@H](C)C(=O)N1C(=O)OC[C@@H]1C(C)C)C(F)(F)F)O[Si](C)(C)C. The molecule has 0 aromatic carbocycles. The quantitative estimate of drug-likeness (QED) is 0.278. The minimum Gasteiger partial charge on any atom is -0.520 e. The third-order valence-corrected chi connectivity index (χ3v) is 5.31. The Hall–Kier alpha value is -1.97. The summed E-state index contributed by atoms with van der Waals surface area (Å²) in [5.41, 5.74) is 0. The predicted octanol–water partition coefficient (Wildman–Crippen LogP) is 5.09. The van der Waals surface area contributed by atoms with Crippen molar-refractivity contribution in [3.05, 3.63) is 24.2 Å². The van der Waals surface area contributed by atoms with E-state index in [-0.39, 0.29) is 25.1 Å². The second-order valence-corrected chi connectivity index (χ2v) is 13.0. The molecule has 0 N–H and O–H groups in total. The van der Waals surface area contributed by atoms with Gasteiger partial charge in [-0.1, -0.05) is 32.9 Å². The van der Waals surface area contributed by atoms with Crippen molar-refractivity contribution in [1.82, 2.24) is 4.90 Å². The van der Waals surface area contributed by atoms with Crippen molar-refractivity contribution in [1.29, 1.82) is 0 Å². The van der Waals surface area contributed by atoms with Gasteiger partial charge in [0.2, 0.25) is 14.2 Å². The summed E-state index contributed by atoms with van der Waals surface area (Å²) in [6.07, 6.45) is -1.53. The van der Waals surface area contributed by atoms with Gasteiger partial charge in [-0.2, -0.15) is 13.2 Å². The summed E-state index contributed by atoms with van der Waals surface area (Å²) >= 11 is 0. The number of nitrogens with zero attached hydrogens (tertiary/aromatic N) is 1. The lowest BCUT2D eigenvalue weighted by Crippen LogP contribution is -2.47. The number of ether oxygens (including phenoxy) is 2. The van der Waals surface area contributed by atoms with Gasteiger partial charge < -0.3 is 13.9 Å². The van der Waals surface area contributed by atoms with Gasteiger partial charge in [-0.3, -0.25) is 4.79 Å². The fourth-order valence-corrected chi connectivity index (χ4v) is 3.59. The third-order valence-electron chi connectivity index (χ3n) is 4.50. The number of hydrogen-bond donors (Lipinski definition) is 0. The summed E-state index contributed by atoms with van der Waals surface area (Å²) in [6.45, 7) is 11.9. The van der Waals surface area contributed by atoms with E-state index in [2.05, 4.69) is 0 Å².